The molecule has 0 bridgehead atoms. The van der Waals surface area contributed by atoms with Crippen molar-refractivity contribution in [2.24, 2.45) is 0 Å². The molecular weight excluding hydrogens is 391 g/mol. The van der Waals surface area contributed by atoms with E-state index in [-0.39, 0.29) is 22.3 Å². The van der Waals surface area contributed by atoms with Crippen LogP contribution in [0.4, 0.5) is 18.9 Å². The summed E-state index contributed by atoms with van der Waals surface area (Å²) in [5, 5.41) is 2.45. The molecule has 0 aliphatic heterocycles. The molecule has 1 heterocycles. The van der Waals surface area contributed by atoms with Crippen molar-refractivity contribution in [1.82, 2.24) is 9.55 Å². The zero-order valence-electron chi connectivity index (χ0n) is 15.4. The molecule has 0 aliphatic carbocycles. The van der Waals surface area contributed by atoms with E-state index in [1.165, 1.54) is 44.6 Å². The summed E-state index contributed by atoms with van der Waals surface area (Å²) in [5.41, 5.74) is 0.373. The first-order valence-corrected chi connectivity index (χ1v) is 8.33. The second kappa shape index (κ2) is 7.82. The molecule has 7 nitrogen and oxygen atoms in total. The number of benzene rings is 2. The van der Waals surface area contributed by atoms with E-state index in [0.29, 0.717) is 5.75 Å². The van der Waals surface area contributed by atoms with Crippen molar-refractivity contribution in [1.29, 1.82) is 0 Å². The summed E-state index contributed by atoms with van der Waals surface area (Å²) >= 11 is 0. The molecule has 1 N–H and O–H groups in total. The van der Waals surface area contributed by atoms with E-state index in [1.807, 2.05) is 0 Å². The van der Waals surface area contributed by atoms with E-state index in [2.05, 4.69) is 15.0 Å². The third-order valence-electron chi connectivity index (χ3n) is 4.12. The van der Waals surface area contributed by atoms with Crippen LogP contribution in [0.3, 0.4) is 0 Å². The van der Waals surface area contributed by atoms with Crippen molar-refractivity contribution in [3.05, 3.63) is 53.9 Å². The number of amides is 1. The highest BCUT2D eigenvalue weighted by Gasteiger charge is 2.38. The normalized spacial score (nSPS) is 11.3. The topological polar surface area (TPSA) is 82.5 Å². The number of nitrogens with one attached hydrogen (secondary N) is 1. The van der Waals surface area contributed by atoms with Gasteiger partial charge in [0.15, 0.2) is 0 Å². The molecular formula is C19H16F3N3O4. The standard InChI is InChI=1S/C19H16F3N3O4/c1-28-11-7-8-13(12(9-11)17(27)29-2)23-16(26)10-25-15-6-4-3-5-14(15)24-18(25)19(20,21)22/h3-9H,10H2,1-2H3,(H,23,26). The highest BCUT2D eigenvalue weighted by Crippen LogP contribution is 2.31. The molecule has 1 aromatic heterocycles. The zero-order valence-corrected chi connectivity index (χ0v) is 15.4. The molecule has 0 unspecified atom stereocenters. The fourth-order valence-corrected chi connectivity index (χ4v) is 2.82. The van der Waals surface area contributed by atoms with Gasteiger partial charge in [0.1, 0.15) is 12.3 Å². The number of hydrogen-bond acceptors (Lipinski definition) is 5. The van der Waals surface area contributed by atoms with Crippen LogP contribution in [-0.2, 0) is 22.3 Å². The van der Waals surface area contributed by atoms with Gasteiger partial charge in [0.05, 0.1) is 36.5 Å². The number of esters is 1. The predicted octanol–water partition coefficient (Wildman–Crippen LogP) is 3.49. The van der Waals surface area contributed by atoms with Gasteiger partial charge >= 0.3 is 12.1 Å². The van der Waals surface area contributed by atoms with Gasteiger partial charge in [-0.15, -0.1) is 0 Å². The Labute approximate surface area is 163 Å². The Morgan fingerprint density at radius 3 is 2.52 bits per heavy atom. The number of alkyl halides is 3. The average Bonchev–Trinajstić information content (AvgIpc) is 3.06. The number of hydrogen-bond donors (Lipinski definition) is 1. The lowest BCUT2D eigenvalue weighted by molar-refractivity contribution is -0.147. The van der Waals surface area contributed by atoms with Gasteiger partial charge in [-0.3, -0.25) is 4.79 Å². The quantitative estimate of drug-likeness (QED) is 0.655. The summed E-state index contributed by atoms with van der Waals surface area (Å²) in [6, 6.07) is 10.2. The molecule has 0 spiro atoms. The Morgan fingerprint density at radius 1 is 1.14 bits per heavy atom. The van der Waals surface area contributed by atoms with Gasteiger partial charge in [-0.25, -0.2) is 9.78 Å². The number of nitrogens with zero attached hydrogens (tertiary/aromatic N) is 2. The molecule has 1 amide bonds. The highest BCUT2D eigenvalue weighted by atomic mass is 19.4. The number of carbonyl (C=O) groups excluding carboxylic acids is 2. The molecule has 0 saturated heterocycles. The van der Waals surface area contributed by atoms with Crippen LogP contribution >= 0.6 is 0 Å². The van der Waals surface area contributed by atoms with E-state index < -0.39 is 30.4 Å². The first-order chi connectivity index (χ1) is 13.7. The van der Waals surface area contributed by atoms with Gasteiger partial charge in [0.25, 0.3) is 0 Å². The van der Waals surface area contributed by atoms with Gasteiger partial charge in [0, 0.05) is 0 Å². The number of aromatic nitrogens is 2. The Hall–Kier alpha value is -3.56. The minimum absolute atomic E-state index is 0.00624. The van der Waals surface area contributed by atoms with E-state index in [1.54, 1.807) is 12.1 Å². The number of rotatable bonds is 5. The molecule has 10 heteroatoms. The highest BCUT2D eigenvalue weighted by molar-refractivity contribution is 6.01. The van der Waals surface area contributed by atoms with Crippen LogP contribution in [0.2, 0.25) is 0 Å². The van der Waals surface area contributed by atoms with E-state index in [0.717, 1.165) is 4.57 Å². The van der Waals surface area contributed by atoms with Crippen LogP contribution < -0.4 is 10.1 Å². The largest absolute Gasteiger partial charge is 0.497 e. The number of imidazole rings is 1. The summed E-state index contributed by atoms with van der Waals surface area (Å²) in [6.45, 7) is -0.651. The molecule has 0 radical (unpaired) electrons. The molecule has 152 valence electrons. The van der Waals surface area contributed by atoms with Gasteiger partial charge in [0.2, 0.25) is 11.7 Å². The number of ether oxygens (including phenoxy) is 2. The van der Waals surface area contributed by atoms with Crippen molar-refractivity contribution in [2.45, 2.75) is 12.7 Å². The molecule has 0 saturated carbocycles. The molecule has 3 aromatic rings. The maximum Gasteiger partial charge on any atom is 0.449 e. The number of halogens is 3. The molecule has 3 rings (SSSR count). The third-order valence-corrected chi connectivity index (χ3v) is 4.12. The maximum atomic E-state index is 13.4. The Morgan fingerprint density at radius 2 is 1.86 bits per heavy atom. The average molecular weight is 407 g/mol. The van der Waals surface area contributed by atoms with Crippen molar-refractivity contribution in [3.63, 3.8) is 0 Å². The lowest BCUT2D eigenvalue weighted by Gasteiger charge is -2.14. The van der Waals surface area contributed by atoms with E-state index in [4.69, 9.17) is 4.74 Å². The number of para-hydroxylation sites is 2. The summed E-state index contributed by atoms with van der Waals surface area (Å²) < 4.78 is 50.6. The van der Waals surface area contributed by atoms with Gasteiger partial charge in [-0.1, -0.05) is 12.1 Å². The molecule has 0 atom stereocenters. The van der Waals surface area contributed by atoms with Crippen LogP contribution in [0.1, 0.15) is 16.2 Å². The lowest BCUT2D eigenvalue weighted by Crippen LogP contribution is -2.24. The Kier molecular flexibility index (Phi) is 5.44. The SMILES string of the molecule is COC(=O)c1cc(OC)ccc1NC(=O)Cn1c(C(F)(F)F)nc2ccccc21. The smallest absolute Gasteiger partial charge is 0.449 e. The van der Waals surface area contributed by atoms with E-state index >= 15 is 0 Å². The maximum absolute atomic E-state index is 13.4. The van der Waals surface area contributed by atoms with E-state index in [9.17, 15) is 22.8 Å². The number of methoxy groups -OCH3 is 2. The summed E-state index contributed by atoms with van der Waals surface area (Å²) in [6.07, 6.45) is -4.74. The molecule has 2 aromatic carbocycles. The number of carbonyl (C=O) groups is 2. The Bertz CT molecular complexity index is 1080. The first-order valence-electron chi connectivity index (χ1n) is 8.33. The van der Waals surface area contributed by atoms with Crippen LogP contribution in [0.15, 0.2) is 42.5 Å². The van der Waals surface area contributed by atoms with Crippen LogP contribution in [0.5, 0.6) is 5.75 Å². The minimum Gasteiger partial charge on any atom is -0.497 e. The number of fused-ring (bicyclic) bond motifs is 1. The zero-order chi connectivity index (χ0) is 21.2. The van der Waals surface area contributed by atoms with Gasteiger partial charge in [-0.2, -0.15) is 13.2 Å². The van der Waals surface area contributed by atoms with Crippen LogP contribution in [0.25, 0.3) is 11.0 Å². The lowest BCUT2D eigenvalue weighted by atomic mass is 10.1. The van der Waals surface area contributed by atoms with Gasteiger partial charge < -0.3 is 19.4 Å². The Balaban J connectivity index is 1.94. The van der Waals surface area contributed by atoms with Crippen LogP contribution in [0, 0.1) is 0 Å². The first kappa shape index (κ1) is 20.2. The number of anilines is 1. The predicted molar refractivity (Wildman–Crippen MR) is 97.7 cm³/mol. The van der Waals surface area contributed by atoms with Crippen molar-refractivity contribution in [3.8, 4) is 5.75 Å². The molecule has 29 heavy (non-hydrogen) atoms. The van der Waals surface area contributed by atoms with Gasteiger partial charge in [-0.05, 0) is 30.3 Å². The monoisotopic (exact) mass is 407 g/mol. The van der Waals surface area contributed by atoms with Crippen molar-refractivity contribution in [2.75, 3.05) is 19.5 Å². The summed E-state index contributed by atoms with van der Waals surface area (Å²) in [5.74, 6) is -2.34. The summed E-state index contributed by atoms with van der Waals surface area (Å²) in [4.78, 5) is 28.1. The fourth-order valence-electron chi connectivity index (χ4n) is 2.82. The third kappa shape index (κ3) is 4.15. The summed E-state index contributed by atoms with van der Waals surface area (Å²) in [7, 11) is 2.57. The molecule has 0 fully saturated rings. The second-order valence-corrected chi connectivity index (χ2v) is 5.96. The molecule has 0 aliphatic rings. The van der Waals surface area contributed by atoms with Crippen LogP contribution in [-0.4, -0.2) is 35.6 Å². The second-order valence-electron chi connectivity index (χ2n) is 5.96. The minimum atomic E-state index is -4.74. The fraction of sp³-hybridized carbons (Fsp3) is 0.211. The van der Waals surface area contributed by atoms with Crippen molar-refractivity contribution < 1.29 is 32.2 Å². The van der Waals surface area contributed by atoms with Crippen molar-refractivity contribution >= 4 is 28.6 Å².